The van der Waals surface area contributed by atoms with E-state index < -0.39 is 47.6 Å². The van der Waals surface area contributed by atoms with Crippen LogP contribution < -0.4 is 0 Å². The van der Waals surface area contributed by atoms with E-state index in [4.69, 9.17) is 28.4 Å². The first-order valence-electron chi connectivity index (χ1n) is 8.23. The van der Waals surface area contributed by atoms with Crippen LogP contribution in [0.25, 0.3) is 0 Å². The number of carbonyl (C=O) groups is 2. The van der Waals surface area contributed by atoms with Crippen molar-refractivity contribution in [3.05, 3.63) is 0 Å². The summed E-state index contributed by atoms with van der Waals surface area (Å²) in [6.07, 6.45) is -1.62. The molecule has 0 aromatic heterocycles. The third-order valence-electron chi connectivity index (χ3n) is 4.81. The van der Waals surface area contributed by atoms with Crippen molar-refractivity contribution in [1.29, 1.82) is 0 Å². The second kappa shape index (κ2) is 5.66. The van der Waals surface area contributed by atoms with Crippen LogP contribution in [0.3, 0.4) is 0 Å². The summed E-state index contributed by atoms with van der Waals surface area (Å²) in [5, 5.41) is 0. The molecule has 0 amide bonds. The van der Waals surface area contributed by atoms with Crippen LogP contribution in [-0.4, -0.2) is 54.7 Å². The minimum absolute atomic E-state index is 0.0475. The third kappa shape index (κ3) is 2.52. The maximum absolute atomic E-state index is 12.5. The average Bonchev–Trinajstić information content (AvgIpc) is 3.00. The maximum atomic E-state index is 12.5. The van der Waals surface area contributed by atoms with Gasteiger partial charge in [-0.25, -0.2) is 9.59 Å². The van der Waals surface area contributed by atoms with Gasteiger partial charge in [0.05, 0.1) is 7.11 Å². The number of carbonyl (C=O) groups excluding carboxylic acids is 2. The topological polar surface area (TPSA) is 89.5 Å². The summed E-state index contributed by atoms with van der Waals surface area (Å²) in [4.78, 5) is 25.0. The SMILES string of the molecule is CCC1(CC)O[C@@H]2C[C@@]3(C(=O)OC)OC(C)(C)O[C@H]3OC(=O)[C@@H]2O1. The van der Waals surface area contributed by atoms with E-state index in [1.807, 2.05) is 13.8 Å². The Morgan fingerprint density at radius 1 is 1.21 bits per heavy atom. The van der Waals surface area contributed by atoms with E-state index >= 15 is 0 Å². The fourth-order valence-corrected chi connectivity index (χ4v) is 3.59. The van der Waals surface area contributed by atoms with Gasteiger partial charge in [-0.1, -0.05) is 13.8 Å². The van der Waals surface area contributed by atoms with Gasteiger partial charge in [0.1, 0.15) is 6.10 Å². The van der Waals surface area contributed by atoms with E-state index in [0.29, 0.717) is 12.8 Å². The summed E-state index contributed by atoms with van der Waals surface area (Å²) < 4.78 is 33.7. The van der Waals surface area contributed by atoms with E-state index in [-0.39, 0.29) is 6.42 Å². The number of hydrogen-bond donors (Lipinski definition) is 0. The Kier molecular flexibility index (Phi) is 4.15. The highest BCUT2D eigenvalue weighted by atomic mass is 16.9. The number of methoxy groups -OCH3 is 1. The summed E-state index contributed by atoms with van der Waals surface area (Å²) >= 11 is 0. The third-order valence-corrected chi connectivity index (χ3v) is 4.81. The molecule has 0 bridgehead atoms. The molecule has 0 spiro atoms. The largest absolute Gasteiger partial charge is 0.467 e. The molecular formula is C16H24O8. The predicted octanol–water partition coefficient (Wildman–Crippen LogP) is 1.25. The summed E-state index contributed by atoms with van der Waals surface area (Å²) in [5.74, 6) is -3.26. The van der Waals surface area contributed by atoms with Gasteiger partial charge in [-0.3, -0.25) is 0 Å². The molecule has 24 heavy (non-hydrogen) atoms. The van der Waals surface area contributed by atoms with E-state index in [1.54, 1.807) is 13.8 Å². The molecule has 0 radical (unpaired) electrons. The first kappa shape index (κ1) is 17.6. The highest BCUT2D eigenvalue weighted by Crippen LogP contribution is 2.47. The number of fused-ring (bicyclic) bond motifs is 2. The van der Waals surface area contributed by atoms with Crippen molar-refractivity contribution in [2.24, 2.45) is 0 Å². The average molecular weight is 344 g/mol. The van der Waals surface area contributed by atoms with Crippen LogP contribution in [0.15, 0.2) is 0 Å². The molecule has 136 valence electrons. The van der Waals surface area contributed by atoms with Crippen LogP contribution in [0.1, 0.15) is 47.0 Å². The van der Waals surface area contributed by atoms with Gasteiger partial charge in [-0.05, 0) is 26.7 Å². The van der Waals surface area contributed by atoms with Gasteiger partial charge in [-0.2, -0.15) is 0 Å². The molecule has 0 N–H and O–H groups in total. The van der Waals surface area contributed by atoms with Crippen LogP contribution in [0, 0.1) is 0 Å². The minimum Gasteiger partial charge on any atom is -0.467 e. The second-order valence-corrected chi connectivity index (χ2v) is 6.79. The lowest BCUT2D eigenvalue weighted by molar-refractivity contribution is -0.217. The standard InChI is InChI=1S/C16H24O8/c1-6-15(7-2)21-9-8-16(12(18)19-5)13(23-14(3,4)24-16)20-11(17)10(9)22-15/h9-10,13H,6-8H2,1-5H3/t9-,10-,13-,16+/m1/s1. The fourth-order valence-electron chi connectivity index (χ4n) is 3.59. The summed E-state index contributed by atoms with van der Waals surface area (Å²) in [6, 6.07) is 0. The molecule has 0 saturated carbocycles. The Balaban J connectivity index is 1.98. The Labute approximate surface area is 140 Å². The van der Waals surface area contributed by atoms with Gasteiger partial charge in [0, 0.05) is 6.42 Å². The van der Waals surface area contributed by atoms with Gasteiger partial charge in [-0.15, -0.1) is 0 Å². The predicted molar refractivity (Wildman–Crippen MR) is 78.6 cm³/mol. The molecule has 3 saturated heterocycles. The Hall–Kier alpha value is -1.22. The van der Waals surface area contributed by atoms with E-state index in [2.05, 4.69) is 0 Å². The molecule has 0 aliphatic carbocycles. The van der Waals surface area contributed by atoms with E-state index in [1.165, 1.54) is 7.11 Å². The van der Waals surface area contributed by atoms with Crippen LogP contribution in [0.2, 0.25) is 0 Å². The minimum atomic E-state index is -1.58. The summed E-state index contributed by atoms with van der Waals surface area (Å²) in [6.45, 7) is 7.12. The first-order chi connectivity index (χ1) is 11.2. The quantitative estimate of drug-likeness (QED) is 0.707. The zero-order valence-electron chi connectivity index (χ0n) is 14.6. The summed E-state index contributed by atoms with van der Waals surface area (Å²) in [7, 11) is 1.25. The molecule has 0 unspecified atom stereocenters. The van der Waals surface area contributed by atoms with Crippen LogP contribution in [-0.2, 0) is 38.0 Å². The monoisotopic (exact) mass is 344 g/mol. The van der Waals surface area contributed by atoms with E-state index in [0.717, 1.165) is 0 Å². The number of esters is 2. The molecule has 3 aliphatic rings. The lowest BCUT2D eigenvalue weighted by Crippen LogP contribution is -2.51. The normalized spacial score (nSPS) is 39.5. The maximum Gasteiger partial charge on any atom is 0.345 e. The zero-order chi connectivity index (χ0) is 17.8. The van der Waals surface area contributed by atoms with Gasteiger partial charge < -0.3 is 28.4 Å². The first-order valence-corrected chi connectivity index (χ1v) is 8.23. The van der Waals surface area contributed by atoms with Gasteiger partial charge >= 0.3 is 11.9 Å². The highest BCUT2D eigenvalue weighted by molar-refractivity contribution is 5.83. The number of ether oxygens (including phenoxy) is 6. The van der Waals surface area contributed by atoms with Crippen LogP contribution >= 0.6 is 0 Å². The van der Waals surface area contributed by atoms with Crippen LogP contribution in [0.5, 0.6) is 0 Å². The molecule has 3 aliphatic heterocycles. The smallest absolute Gasteiger partial charge is 0.345 e. The van der Waals surface area contributed by atoms with Gasteiger partial charge in [0.25, 0.3) is 0 Å². The molecule has 3 heterocycles. The molecule has 3 fully saturated rings. The van der Waals surface area contributed by atoms with Crippen molar-refractivity contribution >= 4 is 11.9 Å². The second-order valence-electron chi connectivity index (χ2n) is 6.79. The molecule has 0 aromatic rings. The Morgan fingerprint density at radius 2 is 1.88 bits per heavy atom. The molecule has 8 nitrogen and oxygen atoms in total. The molecule has 3 rings (SSSR count). The number of hydrogen-bond acceptors (Lipinski definition) is 8. The van der Waals surface area contributed by atoms with Crippen molar-refractivity contribution < 1.29 is 38.0 Å². The lowest BCUT2D eigenvalue weighted by Gasteiger charge is -2.30. The van der Waals surface area contributed by atoms with Crippen molar-refractivity contribution in [2.75, 3.05) is 7.11 Å². The molecule has 8 heteroatoms. The number of rotatable bonds is 3. The van der Waals surface area contributed by atoms with Crippen molar-refractivity contribution in [2.45, 2.75) is 82.6 Å². The lowest BCUT2D eigenvalue weighted by atomic mass is 9.94. The molecular weight excluding hydrogens is 320 g/mol. The zero-order valence-corrected chi connectivity index (χ0v) is 14.6. The Bertz CT molecular complexity index is 540. The Morgan fingerprint density at radius 3 is 2.46 bits per heavy atom. The van der Waals surface area contributed by atoms with Crippen molar-refractivity contribution in [3.8, 4) is 0 Å². The van der Waals surface area contributed by atoms with Crippen LogP contribution in [0.4, 0.5) is 0 Å². The van der Waals surface area contributed by atoms with Gasteiger partial charge in [0.15, 0.2) is 17.7 Å². The summed E-state index contributed by atoms with van der Waals surface area (Å²) in [5.41, 5.74) is -1.58. The van der Waals surface area contributed by atoms with Crippen molar-refractivity contribution in [1.82, 2.24) is 0 Å². The van der Waals surface area contributed by atoms with E-state index in [9.17, 15) is 9.59 Å². The fraction of sp³-hybridized carbons (Fsp3) is 0.875. The highest BCUT2D eigenvalue weighted by Gasteiger charge is 2.67. The molecule has 0 aromatic carbocycles. The van der Waals surface area contributed by atoms with Crippen molar-refractivity contribution in [3.63, 3.8) is 0 Å². The molecule has 4 atom stereocenters. The van der Waals surface area contributed by atoms with Gasteiger partial charge in [0.2, 0.25) is 11.9 Å².